The molecular formula is C20H17F3N6O3S. The van der Waals surface area contributed by atoms with Crippen LogP contribution in [0.5, 0.6) is 5.75 Å². The molecule has 33 heavy (non-hydrogen) atoms. The maximum Gasteiger partial charge on any atom is 0.397 e. The van der Waals surface area contributed by atoms with E-state index in [1.54, 1.807) is 19.5 Å². The Labute approximate surface area is 189 Å². The monoisotopic (exact) mass is 478 g/mol. The minimum absolute atomic E-state index is 0.0779. The third-order valence-electron chi connectivity index (χ3n) is 4.39. The fourth-order valence-electron chi connectivity index (χ4n) is 2.91. The lowest BCUT2D eigenvalue weighted by molar-refractivity contribution is -0.131. The predicted molar refractivity (Wildman–Crippen MR) is 114 cm³/mol. The second kappa shape index (κ2) is 9.40. The lowest BCUT2D eigenvalue weighted by Gasteiger charge is -2.03. The van der Waals surface area contributed by atoms with E-state index in [2.05, 4.69) is 35.3 Å². The van der Waals surface area contributed by atoms with Gasteiger partial charge in [-0.15, -0.1) is 0 Å². The molecule has 2 amide bonds. The third-order valence-corrected chi connectivity index (χ3v) is 5.32. The van der Waals surface area contributed by atoms with Crippen LogP contribution in [-0.2, 0) is 12.8 Å². The lowest BCUT2D eigenvalue weighted by atomic mass is 10.1. The molecule has 13 heteroatoms. The van der Waals surface area contributed by atoms with E-state index in [0.29, 0.717) is 10.9 Å². The Morgan fingerprint density at radius 1 is 1.18 bits per heavy atom. The number of carbonyl (C=O) groups excluding carboxylic acids is 1. The average molecular weight is 478 g/mol. The van der Waals surface area contributed by atoms with E-state index in [1.165, 1.54) is 11.3 Å². The lowest BCUT2D eigenvalue weighted by Crippen LogP contribution is -2.30. The second-order valence-corrected chi connectivity index (χ2v) is 7.87. The smallest absolute Gasteiger partial charge is 0.397 e. The summed E-state index contributed by atoms with van der Waals surface area (Å²) >= 11 is 1.30. The number of amides is 2. The summed E-state index contributed by atoms with van der Waals surface area (Å²) < 4.78 is 47.6. The van der Waals surface area contributed by atoms with Crippen molar-refractivity contribution in [2.75, 3.05) is 19.0 Å². The van der Waals surface area contributed by atoms with Crippen molar-refractivity contribution in [3.63, 3.8) is 0 Å². The molecule has 3 heterocycles. The van der Waals surface area contributed by atoms with Crippen molar-refractivity contribution < 1.29 is 27.2 Å². The highest BCUT2D eigenvalue weighted by Crippen LogP contribution is 2.31. The first-order valence-electron chi connectivity index (χ1n) is 9.62. The second-order valence-electron chi connectivity index (χ2n) is 6.84. The Morgan fingerprint density at radius 3 is 2.82 bits per heavy atom. The summed E-state index contributed by atoms with van der Waals surface area (Å²) in [6.07, 6.45) is -2.25. The Bertz CT molecular complexity index is 1270. The van der Waals surface area contributed by atoms with Crippen LogP contribution >= 0.6 is 11.3 Å². The van der Waals surface area contributed by atoms with Gasteiger partial charge in [0.25, 0.3) is 0 Å². The highest BCUT2D eigenvalue weighted by Gasteiger charge is 2.31. The van der Waals surface area contributed by atoms with Crippen molar-refractivity contribution in [2.24, 2.45) is 0 Å². The van der Waals surface area contributed by atoms with Crippen LogP contribution in [0.15, 0.2) is 41.2 Å². The van der Waals surface area contributed by atoms with E-state index in [9.17, 15) is 18.0 Å². The number of fused-ring (bicyclic) bond motifs is 1. The maximum absolute atomic E-state index is 12.3. The molecule has 0 aliphatic heterocycles. The number of benzene rings is 1. The Kier molecular flexibility index (Phi) is 6.40. The molecule has 0 spiro atoms. The number of halogens is 3. The molecule has 2 N–H and O–H groups in total. The van der Waals surface area contributed by atoms with Gasteiger partial charge in [-0.3, -0.25) is 10.3 Å². The molecule has 0 aliphatic carbocycles. The summed E-state index contributed by atoms with van der Waals surface area (Å²) in [5.41, 5.74) is 2.54. The van der Waals surface area contributed by atoms with Crippen LogP contribution in [0, 0.1) is 0 Å². The van der Waals surface area contributed by atoms with Gasteiger partial charge < -0.3 is 14.6 Å². The van der Waals surface area contributed by atoms with Crippen LogP contribution in [0.1, 0.15) is 11.7 Å². The fraction of sp³-hybridized carbons (Fsp3) is 0.250. The number of thiazole rings is 1. The summed E-state index contributed by atoms with van der Waals surface area (Å²) in [5.74, 6) is 0.211. The summed E-state index contributed by atoms with van der Waals surface area (Å²) in [6, 6.07) is 7.06. The van der Waals surface area contributed by atoms with Crippen molar-refractivity contribution in [1.82, 2.24) is 25.4 Å². The van der Waals surface area contributed by atoms with E-state index in [0.717, 1.165) is 21.3 Å². The first kappa shape index (κ1) is 22.5. The van der Waals surface area contributed by atoms with E-state index in [1.807, 2.05) is 24.3 Å². The molecule has 0 radical (unpaired) electrons. The van der Waals surface area contributed by atoms with Crippen molar-refractivity contribution in [3.8, 4) is 16.9 Å². The van der Waals surface area contributed by atoms with E-state index >= 15 is 0 Å². The van der Waals surface area contributed by atoms with Crippen LogP contribution < -0.4 is 15.4 Å². The van der Waals surface area contributed by atoms with Gasteiger partial charge in [-0.1, -0.05) is 22.6 Å². The van der Waals surface area contributed by atoms with Crippen LogP contribution in [-0.4, -0.2) is 46.0 Å². The molecule has 9 nitrogen and oxygen atoms in total. The van der Waals surface area contributed by atoms with Gasteiger partial charge in [0.15, 0.2) is 11.0 Å². The van der Waals surface area contributed by atoms with E-state index in [4.69, 9.17) is 4.74 Å². The summed E-state index contributed by atoms with van der Waals surface area (Å²) in [7, 11) is 1.57. The molecule has 172 valence electrons. The van der Waals surface area contributed by atoms with Crippen LogP contribution in [0.2, 0.25) is 0 Å². The first-order chi connectivity index (χ1) is 15.8. The fourth-order valence-corrected chi connectivity index (χ4v) is 3.81. The van der Waals surface area contributed by atoms with Gasteiger partial charge in [-0.05, 0) is 23.8 Å². The van der Waals surface area contributed by atoms with Crippen LogP contribution in [0.25, 0.3) is 21.3 Å². The molecular weight excluding hydrogens is 461 g/mol. The summed E-state index contributed by atoms with van der Waals surface area (Å²) in [5, 5.41) is 9.10. The number of methoxy groups -OCH3 is 1. The van der Waals surface area contributed by atoms with Crippen molar-refractivity contribution in [2.45, 2.75) is 19.0 Å². The minimum Gasteiger partial charge on any atom is -0.495 e. The molecule has 0 aliphatic rings. The molecule has 4 aromatic rings. The maximum atomic E-state index is 12.3. The number of ether oxygens (including phenoxy) is 1. The number of rotatable bonds is 7. The number of hydrogen-bond donors (Lipinski definition) is 2. The van der Waals surface area contributed by atoms with Gasteiger partial charge in [0.1, 0.15) is 12.2 Å². The van der Waals surface area contributed by atoms with E-state index in [-0.39, 0.29) is 18.8 Å². The number of nitrogens with one attached hydrogen (secondary N) is 2. The molecule has 0 atom stereocenters. The third kappa shape index (κ3) is 5.94. The zero-order valence-corrected chi connectivity index (χ0v) is 18.0. The zero-order chi connectivity index (χ0) is 23.4. The highest BCUT2D eigenvalue weighted by molar-refractivity contribution is 7.22. The van der Waals surface area contributed by atoms with Crippen LogP contribution in [0.4, 0.5) is 23.1 Å². The predicted octanol–water partition coefficient (Wildman–Crippen LogP) is 4.22. The molecule has 1 aromatic carbocycles. The quantitative estimate of drug-likeness (QED) is 0.409. The minimum atomic E-state index is -4.43. The number of alkyl halides is 3. The Balaban J connectivity index is 1.33. The number of anilines is 1. The van der Waals surface area contributed by atoms with Gasteiger partial charge in [0, 0.05) is 24.7 Å². The number of pyridine rings is 1. The number of hydrogen-bond acceptors (Lipinski definition) is 8. The summed E-state index contributed by atoms with van der Waals surface area (Å²) in [4.78, 5) is 24.3. The topological polar surface area (TPSA) is 115 Å². The molecule has 0 fully saturated rings. The van der Waals surface area contributed by atoms with Crippen molar-refractivity contribution in [1.29, 1.82) is 0 Å². The Morgan fingerprint density at radius 2 is 2.03 bits per heavy atom. The van der Waals surface area contributed by atoms with Gasteiger partial charge in [-0.25, -0.2) is 9.78 Å². The Hall–Kier alpha value is -3.74. The van der Waals surface area contributed by atoms with Gasteiger partial charge in [0.2, 0.25) is 5.89 Å². The highest BCUT2D eigenvalue weighted by atomic mass is 32.1. The van der Waals surface area contributed by atoms with E-state index < -0.39 is 24.5 Å². The van der Waals surface area contributed by atoms with Crippen LogP contribution in [0.3, 0.4) is 0 Å². The number of carbonyl (C=O) groups is 1. The SMILES string of the molecule is COc1cncc(-c2ccc3nc(NC(=O)NCCc4noc(CC(F)(F)F)n4)sc3c2)c1. The first-order valence-corrected chi connectivity index (χ1v) is 10.4. The standard InChI is InChI=1S/C20H17F3N6O3S/c1-31-13-6-12(9-24-10-13)11-2-3-14-15(7-11)33-19(26-14)28-18(30)25-5-4-16-27-17(32-29-16)8-20(21,22)23/h2-3,6-7,9-10H,4-5,8H2,1H3,(H2,25,26,28,30). The number of nitrogens with zero attached hydrogens (tertiary/aromatic N) is 4. The molecule has 4 rings (SSSR count). The molecule has 0 bridgehead atoms. The van der Waals surface area contributed by atoms with Gasteiger partial charge in [0.05, 0.1) is 23.5 Å². The van der Waals surface area contributed by atoms with Crippen molar-refractivity contribution in [3.05, 3.63) is 48.4 Å². The van der Waals surface area contributed by atoms with Crippen molar-refractivity contribution >= 4 is 32.7 Å². The molecule has 0 unspecified atom stereocenters. The largest absolute Gasteiger partial charge is 0.495 e. The van der Waals surface area contributed by atoms with Gasteiger partial charge in [-0.2, -0.15) is 18.2 Å². The van der Waals surface area contributed by atoms with Gasteiger partial charge >= 0.3 is 12.2 Å². The molecule has 0 saturated carbocycles. The summed E-state index contributed by atoms with van der Waals surface area (Å²) in [6.45, 7) is 0.106. The normalized spacial score (nSPS) is 11.5. The average Bonchev–Trinajstić information content (AvgIpc) is 3.37. The number of urea groups is 1. The zero-order valence-electron chi connectivity index (χ0n) is 17.1. The molecule has 3 aromatic heterocycles. The molecule has 0 saturated heterocycles. The number of aromatic nitrogens is 4.